The van der Waals surface area contributed by atoms with E-state index in [2.05, 4.69) is 9.97 Å². The predicted octanol–water partition coefficient (Wildman–Crippen LogP) is 1.86. The number of anilines is 1. The highest BCUT2D eigenvalue weighted by molar-refractivity contribution is 14.1. The maximum absolute atomic E-state index is 12.6. The van der Waals surface area contributed by atoms with Crippen molar-refractivity contribution < 1.29 is 8.42 Å². The predicted molar refractivity (Wildman–Crippen MR) is 83.7 cm³/mol. The molecule has 2 heterocycles. The first-order chi connectivity index (χ1) is 9.51. The zero-order chi connectivity index (χ0) is 14.3. The van der Waals surface area contributed by atoms with Crippen LogP contribution in [0, 0.1) is 3.57 Å². The van der Waals surface area contributed by atoms with Crippen molar-refractivity contribution in [2.75, 3.05) is 5.73 Å². The van der Waals surface area contributed by atoms with Gasteiger partial charge in [0.05, 0.1) is 10.3 Å². The number of nitrogen functional groups attached to an aromatic ring is 1. The average molecular weight is 400 g/mol. The van der Waals surface area contributed by atoms with E-state index >= 15 is 0 Å². The molecule has 0 atom stereocenters. The topological polar surface area (TPSA) is 90.9 Å². The lowest BCUT2D eigenvalue weighted by Crippen LogP contribution is -2.12. The van der Waals surface area contributed by atoms with Crippen molar-refractivity contribution in [3.63, 3.8) is 0 Å². The minimum Gasteiger partial charge on any atom is -0.383 e. The van der Waals surface area contributed by atoms with E-state index in [0.717, 1.165) is 3.97 Å². The van der Waals surface area contributed by atoms with Crippen molar-refractivity contribution in [3.05, 3.63) is 46.4 Å². The van der Waals surface area contributed by atoms with Gasteiger partial charge in [0.1, 0.15) is 12.1 Å². The molecule has 6 nitrogen and oxygen atoms in total. The Morgan fingerprint density at radius 1 is 1.15 bits per heavy atom. The molecule has 102 valence electrons. The lowest BCUT2D eigenvalue weighted by atomic mass is 10.4. The molecule has 0 unspecified atom stereocenters. The number of fused-ring (bicyclic) bond motifs is 1. The van der Waals surface area contributed by atoms with Gasteiger partial charge >= 0.3 is 0 Å². The third-order valence-corrected chi connectivity index (χ3v) is 5.32. The van der Waals surface area contributed by atoms with E-state index in [-0.39, 0.29) is 16.4 Å². The fourth-order valence-electron chi connectivity index (χ4n) is 1.90. The largest absolute Gasteiger partial charge is 0.383 e. The summed E-state index contributed by atoms with van der Waals surface area (Å²) in [5.41, 5.74) is 6.07. The van der Waals surface area contributed by atoms with Crippen molar-refractivity contribution in [2.24, 2.45) is 0 Å². The molecule has 8 heteroatoms. The van der Waals surface area contributed by atoms with E-state index < -0.39 is 10.0 Å². The van der Waals surface area contributed by atoms with Crippen LogP contribution in [0.1, 0.15) is 0 Å². The molecular weight excluding hydrogens is 391 g/mol. The molecule has 0 aliphatic heterocycles. The second-order valence-corrected chi connectivity index (χ2v) is 7.03. The van der Waals surface area contributed by atoms with E-state index in [4.69, 9.17) is 5.73 Å². The Morgan fingerprint density at radius 3 is 2.55 bits per heavy atom. The first-order valence-electron chi connectivity index (χ1n) is 5.59. The molecule has 2 aromatic heterocycles. The van der Waals surface area contributed by atoms with E-state index in [0.29, 0.717) is 8.96 Å². The summed E-state index contributed by atoms with van der Waals surface area (Å²) in [7, 11) is -3.70. The number of nitrogens with zero attached hydrogens (tertiary/aromatic N) is 3. The summed E-state index contributed by atoms with van der Waals surface area (Å²) in [4.78, 5) is 8.13. The number of hydrogen-bond donors (Lipinski definition) is 1. The minimum absolute atomic E-state index is 0.200. The van der Waals surface area contributed by atoms with Gasteiger partial charge in [-0.25, -0.2) is 22.4 Å². The van der Waals surface area contributed by atoms with Gasteiger partial charge in [0.25, 0.3) is 10.0 Å². The molecule has 0 spiro atoms. The summed E-state index contributed by atoms with van der Waals surface area (Å²) in [6.45, 7) is 0. The Bertz CT molecular complexity index is 890. The van der Waals surface area contributed by atoms with Crippen molar-refractivity contribution in [2.45, 2.75) is 4.90 Å². The first kappa shape index (κ1) is 13.3. The van der Waals surface area contributed by atoms with Crippen LogP contribution in [0.15, 0.2) is 47.8 Å². The van der Waals surface area contributed by atoms with E-state index in [1.165, 1.54) is 12.5 Å². The van der Waals surface area contributed by atoms with Gasteiger partial charge in [0, 0.05) is 9.77 Å². The van der Waals surface area contributed by atoms with Crippen molar-refractivity contribution in [3.8, 4) is 0 Å². The van der Waals surface area contributed by atoms with Crippen LogP contribution in [0.3, 0.4) is 0 Å². The Balaban J connectivity index is 2.34. The van der Waals surface area contributed by atoms with Crippen LogP contribution < -0.4 is 5.73 Å². The molecule has 3 rings (SSSR count). The van der Waals surface area contributed by atoms with Crippen LogP contribution in [0.2, 0.25) is 0 Å². The van der Waals surface area contributed by atoms with Gasteiger partial charge < -0.3 is 5.73 Å². The van der Waals surface area contributed by atoms with Gasteiger partial charge in [-0.2, -0.15) is 0 Å². The standard InChI is InChI=1S/C12H9IN4O2S/c13-9-6-17(12-10(9)11(14)15-7-16-12)20(18,19)8-4-2-1-3-5-8/h1-7H,(H2,14,15,16). The third-order valence-electron chi connectivity index (χ3n) is 2.83. The van der Waals surface area contributed by atoms with Crippen LogP contribution in [0.5, 0.6) is 0 Å². The molecule has 1 aromatic carbocycles. The van der Waals surface area contributed by atoms with Crippen LogP contribution in [0.4, 0.5) is 5.82 Å². The molecule has 20 heavy (non-hydrogen) atoms. The van der Waals surface area contributed by atoms with Crippen LogP contribution in [-0.4, -0.2) is 22.4 Å². The maximum Gasteiger partial charge on any atom is 0.269 e. The Labute approximate surface area is 128 Å². The monoisotopic (exact) mass is 400 g/mol. The quantitative estimate of drug-likeness (QED) is 0.664. The molecule has 0 radical (unpaired) electrons. The summed E-state index contributed by atoms with van der Waals surface area (Å²) < 4.78 is 27.1. The number of hydrogen-bond acceptors (Lipinski definition) is 5. The Kier molecular flexibility index (Phi) is 3.13. The van der Waals surface area contributed by atoms with Crippen molar-refractivity contribution in [1.29, 1.82) is 0 Å². The average Bonchev–Trinajstić information content (AvgIpc) is 2.79. The molecule has 0 bridgehead atoms. The molecule has 0 amide bonds. The molecule has 0 fully saturated rings. The molecule has 0 saturated carbocycles. The summed E-state index contributed by atoms with van der Waals surface area (Å²) in [6.07, 6.45) is 2.75. The van der Waals surface area contributed by atoms with Crippen molar-refractivity contribution in [1.82, 2.24) is 13.9 Å². The minimum atomic E-state index is -3.70. The number of nitrogens with two attached hydrogens (primary N) is 1. The number of benzene rings is 1. The maximum atomic E-state index is 12.6. The number of aromatic nitrogens is 3. The van der Waals surface area contributed by atoms with Gasteiger partial charge in [-0.15, -0.1) is 0 Å². The molecular formula is C12H9IN4O2S. The zero-order valence-corrected chi connectivity index (χ0v) is 13.0. The van der Waals surface area contributed by atoms with Gasteiger partial charge in [0.15, 0.2) is 5.65 Å². The summed E-state index contributed by atoms with van der Waals surface area (Å²) >= 11 is 2.02. The van der Waals surface area contributed by atoms with Crippen molar-refractivity contribution >= 4 is 49.5 Å². The van der Waals surface area contributed by atoms with Gasteiger partial charge in [0.2, 0.25) is 0 Å². The molecule has 0 saturated heterocycles. The lowest BCUT2D eigenvalue weighted by Gasteiger charge is -2.06. The van der Waals surface area contributed by atoms with E-state index in [1.54, 1.807) is 30.3 Å². The third kappa shape index (κ3) is 1.95. The molecule has 0 aliphatic carbocycles. The molecule has 3 aromatic rings. The highest BCUT2D eigenvalue weighted by atomic mass is 127. The molecule has 0 aliphatic rings. The summed E-state index contributed by atoms with van der Waals surface area (Å²) in [5.74, 6) is 0.265. The van der Waals surface area contributed by atoms with Crippen LogP contribution in [0.25, 0.3) is 11.0 Å². The molecule has 2 N–H and O–H groups in total. The normalized spacial score (nSPS) is 11.8. The van der Waals surface area contributed by atoms with Crippen LogP contribution in [-0.2, 0) is 10.0 Å². The summed E-state index contributed by atoms with van der Waals surface area (Å²) in [5, 5.41) is 0.549. The van der Waals surface area contributed by atoms with Gasteiger partial charge in [-0.1, -0.05) is 18.2 Å². The summed E-state index contributed by atoms with van der Waals surface area (Å²) in [6, 6.07) is 8.19. The van der Waals surface area contributed by atoms with E-state index in [9.17, 15) is 8.42 Å². The fourth-order valence-corrected chi connectivity index (χ4v) is 4.23. The Hall–Kier alpha value is -1.68. The number of halogens is 1. The number of rotatable bonds is 2. The van der Waals surface area contributed by atoms with Crippen LogP contribution >= 0.6 is 22.6 Å². The van der Waals surface area contributed by atoms with E-state index in [1.807, 2.05) is 22.6 Å². The highest BCUT2D eigenvalue weighted by Crippen LogP contribution is 2.28. The fraction of sp³-hybridized carbons (Fsp3) is 0. The van der Waals surface area contributed by atoms with Gasteiger partial charge in [-0.05, 0) is 34.7 Å². The SMILES string of the molecule is Nc1ncnc2c1c(I)cn2S(=O)(=O)c1ccccc1. The Morgan fingerprint density at radius 2 is 1.85 bits per heavy atom. The second-order valence-electron chi connectivity index (χ2n) is 4.05. The van der Waals surface area contributed by atoms with Gasteiger partial charge in [-0.3, -0.25) is 0 Å². The zero-order valence-electron chi connectivity index (χ0n) is 10.1. The second kappa shape index (κ2) is 4.70. The lowest BCUT2D eigenvalue weighted by molar-refractivity contribution is 0.588. The first-order valence-corrected chi connectivity index (χ1v) is 8.11. The highest BCUT2D eigenvalue weighted by Gasteiger charge is 2.22. The smallest absolute Gasteiger partial charge is 0.269 e.